The number of carboxylic acids is 1. The number of carbonyl (C=O) groups is 2. The van der Waals surface area contributed by atoms with Crippen molar-refractivity contribution in [3.63, 3.8) is 0 Å². The van der Waals surface area contributed by atoms with Gasteiger partial charge in [0.2, 0.25) is 0 Å². The van der Waals surface area contributed by atoms with Crippen LogP contribution in [0.4, 0.5) is 4.79 Å². The zero-order valence-electron chi connectivity index (χ0n) is 10.9. The molecule has 5 heteroatoms. The highest BCUT2D eigenvalue weighted by Gasteiger charge is 2.28. The molecule has 1 unspecified atom stereocenters. The number of likely N-dealkylation sites (N-methyl/N-ethyl adjacent to an activating group) is 1. The number of nitrogens with zero attached hydrogens (tertiary/aromatic N) is 2. The van der Waals surface area contributed by atoms with E-state index in [0.717, 1.165) is 0 Å². The third-order valence-electron chi connectivity index (χ3n) is 2.83. The number of amides is 2. The molecule has 0 radical (unpaired) electrons. The van der Waals surface area contributed by atoms with E-state index >= 15 is 0 Å². The summed E-state index contributed by atoms with van der Waals surface area (Å²) in [5.41, 5.74) is -0.0333. The lowest BCUT2D eigenvalue weighted by Crippen LogP contribution is -2.49. The van der Waals surface area contributed by atoms with Crippen LogP contribution in [0.1, 0.15) is 27.7 Å². The Morgan fingerprint density at radius 1 is 1.25 bits per heavy atom. The molecule has 0 bridgehead atoms. The van der Waals surface area contributed by atoms with Crippen LogP contribution in [0.3, 0.4) is 0 Å². The maximum atomic E-state index is 11.9. The first-order valence-corrected chi connectivity index (χ1v) is 5.27. The normalized spacial score (nSPS) is 13.1. The van der Waals surface area contributed by atoms with Crippen LogP contribution in [0.15, 0.2) is 0 Å². The Morgan fingerprint density at radius 2 is 1.69 bits per heavy atom. The molecule has 0 saturated heterocycles. The molecule has 1 atom stereocenters. The zero-order chi connectivity index (χ0) is 13.1. The quantitative estimate of drug-likeness (QED) is 0.799. The summed E-state index contributed by atoms with van der Waals surface area (Å²) in [7, 11) is 3.18. The lowest BCUT2D eigenvalue weighted by molar-refractivity contribution is -0.137. The number of urea groups is 1. The van der Waals surface area contributed by atoms with Crippen molar-refractivity contribution >= 4 is 12.0 Å². The third kappa shape index (κ3) is 4.08. The van der Waals surface area contributed by atoms with Gasteiger partial charge in [0.25, 0.3) is 0 Å². The van der Waals surface area contributed by atoms with Crippen molar-refractivity contribution < 1.29 is 14.7 Å². The summed E-state index contributed by atoms with van der Waals surface area (Å²) >= 11 is 0. The minimum Gasteiger partial charge on any atom is -0.480 e. The van der Waals surface area contributed by atoms with E-state index in [9.17, 15) is 9.59 Å². The van der Waals surface area contributed by atoms with Crippen LogP contribution in [0.5, 0.6) is 0 Å². The van der Waals surface area contributed by atoms with Gasteiger partial charge in [-0.25, -0.2) is 4.79 Å². The van der Waals surface area contributed by atoms with Crippen molar-refractivity contribution in [1.82, 2.24) is 9.80 Å². The molecule has 0 aliphatic heterocycles. The summed E-state index contributed by atoms with van der Waals surface area (Å²) in [6, 6.07) is -0.235. The van der Waals surface area contributed by atoms with Gasteiger partial charge < -0.3 is 14.9 Å². The average Bonchev–Trinajstić information content (AvgIpc) is 2.11. The lowest BCUT2D eigenvalue weighted by Gasteiger charge is -2.37. The minimum atomic E-state index is -1.01. The topological polar surface area (TPSA) is 60.9 Å². The average molecular weight is 230 g/mol. The van der Waals surface area contributed by atoms with Crippen molar-refractivity contribution in [3.05, 3.63) is 0 Å². The van der Waals surface area contributed by atoms with Crippen LogP contribution >= 0.6 is 0 Å². The first kappa shape index (κ1) is 14.7. The number of hydrogen-bond acceptors (Lipinski definition) is 2. The molecule has 0 fully saturated rings. The van der Waals surface area contributed by atoms with Crippen LogP contribution in [-0.2, 0) is 4.79 Å². The van der Waals surface area contributed by atoms with E-state index in [-0.39, 0.29) is 24.0 Å². The molecule has 0 saturated carbocycles. The molecular formula is C11H22N2O3. The summed E-state index contributed by atoms with van der Waals surface area (Å²) in [5.74, 6) is -1.01. The van der Waals surface area contributed by atoms with Gasteiger partial charge in [-0.15, -0.1) is 0 Å². The molecular weight excluding hydrogens is 208 g/mol. The van der Waals surface area contributed by atoms with Crippen molar-refractivity contribution in [2.75, 3.05) is 20.6 Å². The first-order chi connectivity index (χ1) is 7.07. The van der Waals surface area contributed by atoms with Gasteiger partial charge in [-0.2, -0.15) is 0 Å². The van der Waals surface area contributed by atoms with Crippen LogP contribution in [0.2, 0.25) is 0 Å². The molecule has 0 rings (SSSR count). The van der Waals surface area contributed by atoms with Gasteiger partial charge >= 0.3 is 12.0 Å². The Bertz CT molecular complexity index is 271. The predicted octanol–water partition coefficient (Wildman–Crippen LogP) is 1.49. The van der Waals surface area contributed by atoms with Gasteiger partial charge in [0.15, 0.2) is 0 Å². The lowest BCUT2D eigenvalue weighted by atomic mass is 9.87. The van der Waals surface area contributed by atoms with Gasteiger partial charge in [-0.1, -0.05) is 20.8 Å². The fourth-order valence-corrected chi connectivity index (χ4v) is 1.29. The van der Waals surface area contributed by atoms with E-state index in [4.69, 9.17) is 5.11 Å². The van der Waals surface area contributed by atoms with Crippen LogP contribution in [-0.4, -0.2) is 53.6 Å². The van der Waals surface area contributed by atoms with E-state index < -0.39 is 5.97 Å². The fourth-order valence-electron chi connectivity index (χ4n) is 1.29. The highest BCUT2D eigenvalue weighted by Crippen LogP contribution is 2.23. The van der Waals surface area contributed by atoms with E-state index in [2.05, 4.69) is 0 Å². The molecule has 0 aromatic heterocycles. The van der Waals surface area contributed by atoms with Crippen molar-refractivity contribution in [3.8, 4) is 0 Å². The molecule has 94 valence electrons. The maximum absolute atomic E-state index is 11.9. The molecule has 0 heterocycles. The summed E-state index contributed by atoms with van der Waals surface area (Å²) in [6.07, 6.45) is 0. The van der Waals surface area contributed by atoms with Crippen molar-refractivity contribution in [2.24, 2.45) is 5.41 Å². The first-order valence-electron chi connectivity index (χ1n) is 5.27. The molecule has 0 spiro atoms. The molecule has 0 aromatic carbocycles. The number of rotatable bonds is 3. The molecule has 1 N–H and O–H groups in total. The largest absolute Gasteiger partial charge is 0.480 e. The number of carbonyl (C=O) groups excluding carboxylic acids is 1. The Balaban J connectivity index is 4.55. The number of hydrogen-bond donors (Lipinski definition) is 1. The Morgan fingerprint density at radius 3 is 2.00 bits per heavy atom. The SMILES string of the molecule is CC(N(C)C(=O)N(C)CC(=O)O)C(C)(C)C. The summed E-state index contributed by atoms with van der Waals surface area (Å²) in [4.78, 5) is 25.1. The molecule has 0 aliphatic carbocycles. The summed E-state index contributed by atoms with van der Waals surface area (Å²) in [5, 5.41) is 8.60. The maximum Gasteiger partial charge on any atom is 0.323 e. The highest BCUT2D eigenvalue weighted by molar-refractivity contribution is 5.79. The fraction of sp³-hybridized carbons (Fsp3) is 0.818. The van der Waals surface area contributed by atoms with E-state index in [1.165, 1.54) is 11.9 Å². The molecule has 2 amide bonds. The Kier molecular flexibility index (Phi) is 4.78. The summed E-state index contributed by atoms with van der Waals surface area (Å²) in [6.45, 7) is 7.79. The molecule has 16 heavy (non-hydrogen) atoms. The van der Waals surface area contributed by atoms with Crippen LogP contribution < -0.4 is 0 Å². The van der Waals surface area contributed by atoms with Gasteiger partial charge in [-0.3, -0.25) is 4.79 Å². The monoisotopic (exact) mass is 230 g/mol. The molecule has 0 aliphatic rings. The van der Waals surface area contributed by atoms with Crippen molar-refractivity contribution in [1.29, 1.82) is 0 Å². The van der Waals surface area contributed by atoms with Gasteiger partial charge in [0.1, 0.15) is 6.54 Å². The predicted molar refractivity (Wildman–Crippen MR) is 62.3 cm³/mol. The zero-order valence-corrected chi connectivity index (χ0v) is 10.9. The van der Waals surface area contributed by atoms with E-state index in [1.54, 1.807) is 11.9 Å². The molecule has 0 aromatic rings. The highest BCUT2D eigenvalue weighted by atomic mass is 16.4. The minimum absolute atomic E-state index is 0.0333. The second-order valence-electron chi connectivity index (χ2n) is 5.19. The van der Waals surface area contributed by atoms with Gasteiger partial charge in [0, 0.05) is 20.1 Å². The van der Waals surface area contributed by atoms with Crippen LogP contribution in [0, 0.1) is 5.41 Å². The number of carboxylic acid groups (broad SMARTS) is 1. The standard InChI is InChI=1S/C11H22N2O3/c1-8(11(2,3)4)13(6)10(16)12(5)7-9(14)15/h8H,7H2,1-6H3,(H,14,15). The Labute approximate surface area is 97.0 Å². The summed E-state index contributed by atoms with van der Waals surface area (Å²) < 4.78 is 0. The van der Waals surface area contributed by atoms with E-state index in [0.29, 0.717) is 0 Å². The van der Waals surface area contributed by atoms with Gasteiger partial charge in [0.05, 0.1) is 0 Å². The van der Waals surface area contributed by atoms with E-state index in [1.807, 2.05) is 27.7 Å². The van der Waals surface area contributed by atoms with Crippen LogP contribution in [0.25, 0.3) is 0 Å². The second-order valence-corrected chi connectivity index (χ2v) is 5.19. The number of aliphatic carboxylic acids is 1. The second kappa shape index (κ2) is 5.18. The van der Waals surface area contributed by atoms with Gasteiger partial charge in [-0.05, 0) is 12.3 Å². The Hall–Kier alpha value is -1.26. The molecule has 5 nitrogen and oxygen atoms in total. The van der Waals surface area contributed by atoms with Crippen molar-refractivity contribution in [2.45, 2.75) is 33.7 Å². The smallest absolute Gasteiger partial charge is 0.323 e. The third-order valence-corrected chi connectivity index (χ3v) is 2.83.